The highest BCUT2D eigenvalue weighted by Gasteiger charge is 2.26. The quantitative estimate of drug-likeness (QED) is 0.501. The predicted octanol–water partition coefficient (Wildman–Crippen LogP) is 3.71. The molecule has 130 valence electrons. The van der Waals surface area contributed by atoms with E-state index in [1.807, 2.05) is 0 Å². The van der Waals surface area contributed by atoms with E-state index < -0.39 is 11.6 Å². The SMILES string of the molecule is CC(=O)C(CC#CC1(O)CCCCC1)CCCCCCC(=O)O. The lowest BCUT2D eigenvalue weighted by Gasteiger charge is -2.26. The van der Waals surface area contributed by atoms with Gasteiger partial charge in [0.25, 0.3) is 0 Å². The Kier molecular flexibility index (Phi) is 8.94. The molecule has 0 spiro atoms. The topological polar surface area (TPSA) is 74.6 Å². The molecule has 4 nitrogen and oxygen atoms in total. The molecule has 0 radical (unpaired) electrons. The van der Waals surface area contributed by atoms with E-state index in [1.54, 1.807) is 6.92 Å². The summed E-state index contributed by atoms with van der Waals surface area (Å²) in [4.78, 5) is 22.1. The molecule has 0 aromatic heterocycles. The number of carboxylic acid groups (broad SMARTS) is 1. The van der Waals surface area contributed by atoms with E-state index in [2.05, 4.69) is 11.8 Å². The first-order valence-electron chi connectivity index (χ1n) is 8.87. The van der Waals surface area contributed by atoms with Gasteiger partial charge in [-0.3, -0.25) is 9.59 Å². The van der Waals surface area contributed by atoms with E-state index in [4.69, 9.17) is 5.11 Å². The highest BCUT2D eigenvalue weighted by Crippen LogP contribution is 2.27. The minimum atomic E-state index is -0.837. The maximum Gasteiger partial charge on any atom is 0.303 e. The Morgan fingerprint density at radius 1 is 1.09 bits per heavy atom. The zero-order valence-electron chi connectivity index (χ0n) is 14.3. The standard InChI is InChI=1S/C19H30O4/c1-16(20)17(10-5-2-3-6-12-18(21)22)11-9-15-19(23)13-7-4-8-14-19/h17,23H,2-8,10-14H2,1H3,(H,21,22). The molecule has 1 rings (SSSR count). The maximum absolute atomic E-state index is 11.7. The van der Waals surface area contributed by atoms with Crippen LogP contribution in [0, 0.1) is 17.8 Å². The molecule has 1 saturated carbocycles. The van der Waals surface area contributed by atoms with Crippen LogP contribution in [0.4, 0.5) is 0 Å². The van der Waals surface area contributed by atoms with Gasteiger partial charge in [0.1, 0.15) is 11.4 Å². The van der Waals surface area contributed by atoms with Gasteiger partial charge in [0.2, 0.25) is 0 Å². The number of carboxylic acids is 1. The average molecular weight is 322 g/mol. The van der Waals surface area contributed by atoms with Crippen LogP contribution in [-0.2, 0) is 9.59 Å². The summed E-state index contributed by atoms with van der Waals surface area (Å²) in [7, 11) is 0. The Hall–Kier alpha value is -1.34. The van der Waals surface area contributed by atoms with Gasteiger partial charge in [-0.25, -0.2) is 0 Å². The first kappa shape index (κ1) is 19.7. The third kappa shape index (κ3) is 8.76. The molecule has 0 aromatic carbocycles. The molecule has 1 aliphatic carbocycles. The summed E-state index contributed by atoms with van der Waals surface area (Å²) in [6, 6.07) is 0. The van der Waals surface area contributed by atoms with Crippen LogP contribution in [0.1, 0.15) is 84.0 Å². The summed E-state index contributed by atoms with van der Waals surface area (Å²) in [6.07, 6.45) is 9.72. The third-order valence-corrected chi connectivity index (χ3v) is 4.62. The van der Waals surface area contributed by atoms with Crippen molar-refractivity contribution in [3.63, 3.8) is 0 Å². The zero-order chi connectivity index (χ0) is 17.1. The second-order valence-corrected chi connectivity index (χ2v) is 6.75. The largest absolute Gasteiger partial charge is 0.481 e. The minimum Gasteiger partial charge on any atom is -0.481 e. The van der Waals surface area contributed by atoms with E-state index in [0.29, 0.717) is 12.8 Å². The van der Waals surface area contributed by atoms with E-state index in [9.17, 15) is 14.7 Å². The van der Waals surface area contributed by atoms with Gasteiger partial charge in [-0.1, -0.05) is 37.5 Å². The number of aliphatic carboxylic acids is 1. The summed E-state index contributed by atoms with van der Waals surface area (Å²) in [5.74, 6) is 5.38. The van der Waals surface area contributed by atoms with Gasteiger partial charge >= 0.3 is 5.97 Å². The summed E-state index contributed by atoms with van der Waals surface area (Å²) in [5, 5.41) is 18.9. The molecule has 0 saturated heterocycles. The summed E-state index contributed by atoms with van der Waals surface area (Å²) in [6.45, 7) is 1.60. The number of Topliss-reactive ketones (excluding diaryl/α,β-unsaturated/α-hetero) is 1. The van der Waals surface area contributed by atoms with Crippen LogP contribution in [-0.4, -0.2) is 27.6 Å². The Morgan fingerprint density at radius 2 is 1.74 bits per heavy atom. The lowest BCUT2D eigenvalue weighted by Crippen LogP contribution is -2.29. The molecule has 4 heteroatoms. The lowest BCUT2D eigenvalue weighted by atomic mass is 9.85. The number of hydrogen-bond donors (Lipinski definition) is 2. The van der Waals surface area contributed by atoms with E-state index in [1.165, 1.54) is 6.42 Å². The molecule has 0 bridgehead atoms. The first-order valence-corrected chi connectivity index (χ1v) is 8.87. The van der Waals surface area contributed by atoms with Crippen LogP contribution in [0.15, 0.2) is 0 Å². The Balaban J connectivity index is 2.29. The summed E-state index contributed by atoms with van der Waals surface area (Å²) >= 11 is 0. The second-order valence-electron chi connectivity index (χ2n) is 6.75. The second kappa shape index (κ2) is 10.4. The van der Waals surface area contributed by atoms with Crippen molar-refractivity contribution >= 4 is 11.8 Å². The van der Waals surface area contributed by atoms with Gasteiger partial charge in [0.15, 0.2) is 0 Å². The molecule has 23 heavy (non-hydrogen) atoms. The van der Waals surface area contributed by atoms with Crippen molar-refractivity contribution in [2.45, 2.75) is 89.6 Å². The molecule has 2 N–H and O–H groups in total. The van der Waals surface area contributed by atoms with Crippen molar-refractivity contribution in [2.24, 2.45) is 5.92 Å². The minimum absolute atomic E-state index is 0.0610. The van der Waals surface area contributed by atoms with Crippen LogP contribution in [0.25, 0.3) is 0 Å². The maximum atomic E-state index is 11.7. The molecule has 1 aliphatic rings. The predicted molar refractivity (Wildman–Crippen MR) is 89.9 cm³/mol. The fraction of sp³-hybridized carbons (Fsp3) is 0.789. The smallest absolute Gasteiger partial charge is 0.303 e. The van der Waals surface area contributed by atoms with Crippen molar-refractivity contribution < 1.29 is 19.8 Å². The summed E-state index contributed by atoms with van der Waals surface area (Å²) in [5.41, 5.74) is -0.837. The van der Waals surface area contributed by atoms with Crippen LogP contribution in [0.3, 0.4) is 0 Å². The highest BCUT2D eigenvalue weighted by molar-refractivity contribution is 5.78. The Morgan fingerprint density at radius 3 is 2.35 bits per heavy atom. The van der Waals surface area contributed by atoms with Gasteiger partial charge in [0, 0.05) is 18.8 Å². The third-order valence-electron chi connectivity index (χ3n) is 4.62. The number of ketones is 1. The average Bonchev–Trinajstić information content (AvgIpc) is 2.49. The van der Waals surface area contributed by atoms with Crippen molar-refractivity contribution in [1.82, 2.24) is 0 Å². The summed E-state index contributed by atoms with van der Waals surface area (Å²) < 4.78 is 0. The molecule has 1 unspecified atom stereocenters. The highest BCUT2D eigenvalue weighted by atomic mass is 16.4. The van der Waals surface area contributed by atoms with Gasteiger partial charge < -0.3 is 10.2 Å². The van der Waals surface area contributed by atoms with E-state index in [-0.39, 0.29) is 18.1 Å². The fourth-order valence-electron chi connectivity index (χ4n) is 3.07. The molecule has 1 atom stereocenters. The number of carbonyl (C=O) groups excluding carboxylic acids is 1. The van der Waals surface area contributed by atoms with Gasteiger partial charge in [0.05, 0.1) is 0 Å². The number of carbonyl (C=O) groups is 2. The van der Waals surface area contributed by atoms with E-state index >= 15 is 0 Å². The molecule has 0 amide bonds. The molecular formula is C19H30O4. The van der Waals surface area contributed by atoms with Crippen LogP contribution >= 0.6 is 0 Å². The number of aliphatic hydroxyl groups is 1. The number of unbranched alkanes of at least 4 members (excludes halogenated alkanes) is 3. The molecule has 0 aromatic rings. The van der Waals surface area contributed by atoms with Gasteiger partial charge in [-0.15, -0.1) is 0 Å². The molecule has 0 aliphatic heterocycles. The van der Waals surface area contributed by atoms with E-state index in [0.717, 1.165) is 51.4 Å². The number of hydrogen-bond acceptors (Lipinski definition) is 3. The fourth-order valence-corrected chi connectivity index (χ4v) is 3.07. The first-order chi connectivity index (χ1) is 10.9. The van der Waals surface area contributed by atoms with Crippen LogP contribution in [0.2, 0.25) is 0 Å². The van der Waals surface area contributed by atoms with Crippen molar-refractivity contribution in [2.75, 3.05) is 0 Å². The van der Waals surface area contributed by atoms with Crippen LogP contribution in [0.5, 0.6) is 0 Å². The van der Waals surface area contributed by atoms with Crippen molar-refractivity contribution in [3.8, 4) is 11.8 Å². The van der Waals surface area contributed by atoms with Crippen molar-refractivity contribution in [1.29, 1.82) is 0 Å². The zero-order valence-corrected chi connectivity index (χ0v) is 14.3. The monoisotopic (exact) mass is 322 g/mol. The Labute approximate surface area is 139 Å². The van der Waals surface area contributed by atoms with Crippen molar-refractivity contribution in [3.05, 3.63) is 0 Å². The molecule has 0 heterocycles. The Bertz CT molecular complexity index is 438. The lowest BCUT2D eigenvalue weighted by molar-refractivity contribution is -0.137. The molecular weight excluding hydrogens is 292 g/mol. The molecule has 1 fully saturated rings. The van der Waals surface area contributed by atoms with Crippen LogP contribution < -0.4 is 0 Å². The number of rotatable bonds is 9. The van der Waals surface area contributed by atoms with Gasteiger partial charge in [-0.05, 0) is 45.4 Å². The normalized spacial score (nSPS) is 17.8. The van der Waals surface area contributed by atoms with Gasteiger partial charge in [-0.2, -0.15) is 0 Å².